The van der Waals surface area contributed by atoms with E-state index in [4.69, 9.17) is 9.22 Å². The zero-order valence-corrected chi connectivity index (χ0v) is 9.43. The molecule has 0 saturated carbocycles. The van der Waals surface area contributed by atoms with Gasteiger partial charge in [-0.15, -0.1) is 0 Å². The van der Waals surface area contributed by atoms with Gasteiger partial charge in [0.15, 0.2) is 0 Å². The largest absolute Gasteiger partial charge is 0.423 e. The first-order valence-electron chi connectivity index (χ1n) is 5.64. The van der Waals surface area contributed by atoms with Crippen molar-refractivity contribution >= 4 is 15.9 Å². The van der Waals surface area contributed by atoms with E-state index in [1.165, 1.54) is 0 Å². The molecule has 0 aromatic heterocycles. The molecule has 2 nitrogen and oxygen atoms in total. The van der Waals surface area contributed by atoms with Crippen LogP contribution in [0.25, 0.3) is 0 Å². The molecule has 2 N–H and O–H groups in total. The van der Waals surface area contributed by atoms with Gasteiger partial charge in [0.05, 0.1) is 6.61 Å². The van der Waals surface area contributed by atoms with Crippen molar-refractivity contribution in [2.24, 2.45) is 0 Å². The molecule has 90 valence electrons. The molecule has 1 atom stereocenters. The number of aliphatic hydroxyl groups is 2. The van der Waals surface area contributed by atoms with Gasteiger partial charge in [-0.25, -0.2) is 0 Å². The average Bonchev–Trinajstić information content (AvgIpc) is 2.24. The van der Waals surface area contributed by atoms with Gasteiger partial charge in [0.2, 0.25) is 5.60 Å². The van der Waals surface area contributed by atoms with Crippen molar-refractivity contribution in [3.63, 3.8) is 0 Å². The summed E-state index contributed by atoms with van der Waals surface area (Å²) in [6.45, 7) is -4.05. The number of hydrogen-bond acceptors (Lipinski definition) is 2. The molecule has 1 aromatic carbocycles. The van der Waals surface area contributed by atoms with Gasteiger partial charge in [0.25, 0.3) is 0 Å². The zero-order chi connectivity index (χ0) is 15.1. The summed E-state index contributed by atoms with van der Waals surface area (Å²) < 4.78 is 59.6. The molecular weight excluding hydrogens is 289 g/mol. The molecule has 1 aromatic rings. The van der Waals surface area contributed by atoms with Crippen molar-refractivity contribution in [3.8, 4) is 0 Å². The summed E-state index contributed by atoms with van der Waals surface area (Å²) in [5, 5.41) is 18.3. The van der Waals surface area contributed by atoms with Crippen molar-refractivity contribution in [1.82, 2.24) is 0 Å². The van der Waals surface area contributed by atoms with Crippen LogP contribution in [0.15, 0.2) is 22.7 Å². The number of halogens is 4. The molecular formula is C10H10BrF3O2. The first kappa shape index (κ1) is 9.44. The minimum absolute atomic E-state index is 0.0962. The molecule has 6 heteroatoms. The predicted octanol–water partition coefficient (Wildman–Crippen LogP) is 2.50. The summed E-state index contributed by atoms with van der Waals surface area (Å²) in [7, 11) is 0. The molecule has 0 amide bonds. The average molecular weight is 302 g/mol. The Morgan fingerprint density at radius 2 is 2.06 bits per heavy atom. The summed E-state index contributed by atoms with van der Waals surface area (Å²) in [4.78, 5) is 0. The second-order valence-corrected chi connectivity index (χ2v) is 4.07. The van der Waals surface area contributed by atoms with E-state index in [2.05, 4.69) is 15.9 Å². The van der Waals surface area contributed by atoms with Crippen molar-refractivity contribution < 1.29 is 27.5 Å². The normalized spacial score (nSPS) is 19.5. The lowest BCUT2D eigenvalue weighted by atomic mass is 9.93. The third-order valence-corrected chi connectivity index (χ3v) is 2.80. The maximum Gasteiger partial charge on any atom is 0.423 e. The molecule has 0 aliphatic heterocycles. The van der Waals surface area contributed by atoms with Crippen molar-refractivity contribution in [3.05, 3.63) is 33.8 Å². The van der Waals surface area contributed by atoms with E-state index in [0.717, 1.165) is 18.2 Å². The maximum absolute atomic E-state index is 12.7. The number of rotatable bonds is 2. The van der Waals surface area contributed by atoms with Crippen LogP contribution in [-0.2, 0) is 5.60 Å². The van der Waals surface area contributed by atoms with Gasteiger partial charge in [-0.05, 0) is 24.0 Å². The van der Waals surface area contributed by atoms with Crippen LogP contribution in [0.2, 0.25) is 0 Å². The van der Waals surface area contributed by atoms with E-state index in [1.54, 1.807) is 0 Å². The van der Waals surface area contributed by atoms with Crippen molar-refractivity contribution in [2.45, 2.75) is 18.6 Å². The number of aryl methyl sites for hydroxylation is 1. The van der Waals surface area contributed by atoms with Crippen LogP contribution >= 0.6 is 15.9 Å². The minimum Gasteiger partial charge on any atom is -0.393 e. The Morgan fingerprint density at radius 3 is 2.44 bits per heavy atom. The number of hydrogen-bond donors (Lipinski definition) is 2. The quantitative estimate of drug-likeness (QED) is 0.881. The SMILES string of the molecule is [2H]C([2H])([2H])c1ccc([C@](O)(CO)C(F)(F)F)cc1Br. The molecule has 0 spiro atoms. The highest BCUT2D eigenvalue weighted by molar-refractivity contribution is 9.10. The fraction of sp³-hybridized carbons (Fsp3) is 0.400. The van der Waals surface area contributed by atoms with Gasteiger partial charge in [0, 0.05) is 8.58 Å². The Kier molecular flexibility index (Phi) is 2.57. The summed E-state index contributed by atoms with van der Waals surface area (Å²) in [6, 6.07) is 2.63. The predicted molar refractivity (Wildman–Crippen MR) is 55.9 cm³/mol. The second kappa shape index (κ2) is 4.35. The zero-order valence-electron chi connectivity index (χ0n) is 10.8. The summed E-state index contributed by atoms with van der Waals surface area (Å²) in [5.74, 6) is 0. The van der Waals surface area contributed by atoms with Crippen LogP contribution in [0.5, 0.6) is 0 Å². The Balaban J connectivity index is 3.35. The summed E-state index contributed by atoms with van der Waals surface area (Å²) >= 11 is 2.85. The number of benzene rings is 1. The molecule has 0 unspecified atom stereocenters. The smallest absolute Gasteiger partial charge is 0.393 e. The molecule has 0 radical (unpaired) electrons. The Hall–Kier alpha value is -0.590. The maximum atomic E-state index is 12.7. The van der Waals surface area contributed by atoms with Crippen LogP contribution < -0.4 is 0 Å². The van der Waals surface area contributed by atoms with Crippen molar-refractivity contribution in [2.75, 3.05) is 6.61 Å². The molecule has 0 saturated heterocycles. The Morgan fingerprint density at radius 1 is 1.44 bits per heavy atom. The highest BCUT2D eigenvalue weighted by atomic mass is 79.9. The third-order valence-electron chi connectivity index (χ3n) is 2.14. The van der Waals surface area contributed by atoms with Gasteiger partial charge in [-0.1, -0.05) is 28.1 Å². The minimum atomic E-state index is -5.08. The molecule has 16 heavy (non-hydrogen) atoms. The highest BCUT2D eigenvalue weighted by Gasteiger charge is 2.54. The lowest BCUT2D eigenvalue weighted by molar-refractivity contribution is -0.277. The fourth-order valence-electron chi connectivity index (χ4n) is 1.12. The van der Waals surface area contributed by atoms with Gasteiger partial charge in [-0.2, -0.15) is 13.2 Å². The van der Waals surface area contributed by atoms with Crippen LogP contribution in [0.1, 0.15) is 15.2 Å². The Bertz CT molecular complexity index is 476. The van der Waals surface area contributed by atoms with Gasteiger partial charge in [-0.3, -0.25) is 0 Å². The van der Waals surface area contributed by atoms with Crippen LogP contribution in [0.3, 0.4) is 0 Å². The van der Waals surface area contributed by atoms with E-state index in [9.17, 15) is 18.3 Å². The van der Waals surface area contributed by atoms with Gasteiger partial charge < -0.3 is 10.2 Å². The van der Waals surface area contributed by atoms with E-state index in [0.29, 0.717) is 0 Å². The number of aliphatic hydroxyl groups excluding tert-OH is 1. The molecule has 0 fully saturated rings. The fourth-order valence-corrected chi connectivity index (χ4v) is 1.50. The summed E-state index contributed by atoms with van der Waals surface area (Å²) in [6.07, 6.45) is -5.08. The molecule has 0 aliphatic carbocycles. The third kappa shape index (κ3) is 2.23. The lowest BCUT2D eigenvalue weighted by Gasteiger charge is -2.29. The van der Waals surface area contributed by atoms with Crippen LogP contribution in [0.4, 0.5) is 13.2 Å². The second-order valence-electron chi connectivity index (χ2n) is 3.21. The first-order valence-corrected chi connectivity index (χ1v) is 4.93. The lowest BCUT2D eigenvalue weighted by Crippen LogP contribution is -2.45. The van der Waals surface area contributed by atoms with E-state index in [1.807, 2.05) is 0 Å². The molecule has 0 bridgehead atoms. The highest BCUT2D eigenvalue weighted by Crippen LogP contribution is 2.39. The molecule has 0 heterocycles. The monoisotopic (exact) mass is 301 g/mol. The molecule has 1 rings (SSSR count). The standard InChI is InChI=1S/C10H10BrF3O2/c1-6-2-3-7(4-8(6)11)9(16,5-15)10(12,13)14/h2-4,15-16H,5H2,1H3/t9-/m1/s1/i1D3. The molecule has 0 aliphatic rings. The van der Waals surface area contributed by atoms with Crippen LogP contribution in [-0.4, -0.2) is 23.0 Å². The van der Waals surface area contributed by atoms with E-state index >= 15 is 0 Å². The van der Waals surface area contributed by atoms with E-state index < -0.39 is 30.8 Å². The van der Waals surface area contributed by atoms with Crippen LogP contribution in [0, 0.1) is 6.85 Å². The van der Waals surface area contributed by atoms with E-state index in [-0.39, 0.29) is 10.0 Å². The Labute approximate surface area is 103 Å². The summed E-state index contributed by atoms with van der Waals surface area (Å²) in [5.41, 5.74) is -4.25. The van der Waals surface area contributed by atoms with Gasteiger partial charge in [0.1, 0.15) is 0 Å². The topological polar surface area (TPSA) is 40.5 Å². The van der Waals surface area contributed by atoms with Gasteiger partial charge >= 0.3 is 6.18 Å². The van der Waals surface area contributed by atoms with Crippen molar-refractivity contribution in [1.29, 1.82) is 0 Å². The number of alkyl halides is 3. The first-order chi connectivity index (χ1) is 8.43.